The van der Waals surface area contributed by atoms with Crippen molar-refractivity contribution in [3.63, 3.8) is 0 Å². The summed E-state index contributed by atoms with van der Waals surface area (Å²) in [5.74, 6) is 0. The Kier molecular flexibility index (Phi) is 5.64. The normalized spacial score (nSPS) is 17.9. The third-order valence-electron chi connectivity index (χ3n) is 3.59. The maximum atomic E-state index is 12.6. The highest BCUT2D eigenvalue weighted by molar-refractivity contribution is 5.04. The summed E-state index contributed by atoms with van der Waals surface area (Å²) in [6, 6.07) is 0. The molecule has 0 fully saturated rings. The third kappa shape index (κ3) is 4.30. The lowest BCUT2D eigenvalue weighted by molar-refractivity contribution is -0.372. The van der Waals surface area contributed by atoms with Crippen LogP contribution in [0.3, 0.4) is 0 Å². The molecule has 2 N–H and O–H groups in total. The van der Waals surface area contributed by atoms with E-state index in [0.717, 1.165) is 0 Å². The Labute approximate surface area is 142 Å². The lowest BCUT2D eigenvalue weighted by Gasteiger charge is -2.37. The SMILES string of the molecule is OC(CN1C=CN(CC(O)(C(F)(F)F)C(F)(F)F)C1)(C(F)(F)F)C(F)(F)F. The quantitative estimate of drug-likeness (QED) is 0.674. The second-order valence-electron chi connectivity index (χ2n) is 5.64. The third-order valence-corrected chi connectivity index (χ3v) is 3.59. The van der Waals surface area contributed by atoms with Crippen molar-refractivity contribution in [1.29, 1.82) is 0 Å². The van der Waals surface area contributed by atoms with Crippen LogP contribution in [0.2, 0.25) is 0 Å². The van der Waals surface area contributed by atoms with E-state index in [2.05, 4.69) is 0 Å². The van der Waals surface area contributed by atoms with Gasteiger partial charge in [-0.2, -0.15) is 52.7 Å². The van der Waals surface area contributed by atoms with Gasteiger partial charge in [0.25, 0.3) is 11.2 Å². The Bertz CT molecular complexity index is 486. The minimum atomic E-state index is -6.23. The number of alkyl halides is 12. The molecule has 0 aromatic carbocycles. The molecule has 1 heterocycles. The van der Waals surface area contributed by atoms with Crippen LogP contribution in [0, 0.1) is 0 Å². The number of halogens is 12. The average Bonchev–Trinajstić information content (AvgIpc) is 2.80. The molecule has 27 heavy (non-hydrogen) atoms. The standard InChI is InChI=1S/C11H10F12N2O2/c12-8(13,14)6(26,9(15,16)17)3-24-1-2-25(5-24)4-7(27,10(18,19)20)11(21,22)23/h1-2,26-27H,3-5H2. The summed E-state index contributed by atoms with van der Waals surface area (Å²) < 4.78 is 151. The van der Waals surface area contributed by atoms with Crippen LogP contribution in [0.25, 0.3) is 0 Å². The molecule has 1 rings (SSSR count). The van der Waals surface area contributed by atoms with Gasteiger partial charge in [0.1, 0.15) is 0 Å². The van der Waals surface area contributed by atoms with E-state index in [1.165, 1.54) is 0 Å². The summed E-state index contributed by atoms with van der Waals surface area (Å²) in [4.78, 5) is -0.0116. The van der Waals surface area contributed by atoms with Crippen molar-refractivity contribution in [2.24, 2.45) is 0 Å². The van der Waals surface area contributed by atoms with Crippen LogP contribution in [0.4, 0.5) is 52.7 Å². The molecule has 160 valence electrons. The first-order valence-electron chi connectivity index (χ1n) is 6.54. The van der Waals surface area contributed by atoms with Crippen molar-refractivity contribution in [2.45, 2.75) is 35.9 Å². The van der Waals surface area contributed by atoms with Gasteiger partial charge < -0.3 is 20.0 Å². The first-order valence-corrected chi connectivity index (χ1v) is 6.54. The van der Waals surface area contributed by atoms with Gasteiger partial charge in [0.15, 0.2) is 0 Å². The van der Waals surface area contributed by atoms with Crippen LogP contribution in [0.15, 0.2) is 12.4 Å². The van der Waals surface area contributed by atoms with E-state index < -0.39 is 55.7 Å². The van der Waals surface area contributed by atoms with Crippen molar-refractivity contribution in [3.8, 4) is 0 Å². The number of hydrogen-bond donors (Lipinski definition) is 2. The molecule has 1 aliphatic heterocycles. The van der Waals surface area contributed by atoms with Crippen LogP contribution in [-0.4, -0.2) is 75.7 Å². The predicted molar refractivity (Wildman–Crippen MR) is 61.5 cm³/mol. The Morgan fingerprint density at radius 2 is 0.778 bits per heavy atom. The Morgan fingerprint density at radius 1 is 0.556 bits per heavy atom. The van der Waals surface area contributed by atoms with Gasteiger partial charge >= 0.3 is 24.7 Å². The van der Waals surface area contributed by atoms with E-state index in [9.17, 15) is 52.7 Å². The van der Waals surface area contributed by atoms with Crippen molar-refractivity contribution < 1.29 is 62.9 Å². The van der Waals surface area contributed by atoms with Gasteiger partial charge in [-0.05, 0) is 0 Å². The molecule has 0 saturated carbocycles. The summed E-state index contributed by atoms with van der Waals surface area (Å²) in [6.07, 6.45) is -24.3. The lowest BCUT2D eigenvalue weighted by Crippen LogP contribution is -2.63. The molecule has 0 aromatic heterocycles. The molecule has 0 radical (unpaired) electrons. The molecule has 0 unspecified atom stereocenters. The fourth-order valence-electron chi connectivity index (χ4n) is 1.99. The second-order valence-corrected chi connectivity index (χ2v) is 5.64. The maximum absolute atomic E-state index is 12.6. The first-order chi connectivity index (χ1) is 11.7. The highest BCUT2D eigenvalue weighted by atomic mass is 19.4. The van der Waals surface area contributed by atoms with E-state index in [4.69, 9.17) is 10.2 Å². The minimum absolute atomic E-state index is 0.00580. The van der Waals surface area contributed by atoms with Crippen LogP contribution in [0.1, 0.15) is 0 Å². The molecule has 0 spiro atoms. The summed E-state index contributed by atoms with van der Waals surface area (Å²) in [5.41, 5.74) is -10.6. The van der Waals surface area contributed by atoms with Gasteiger partial charge in [0.05, 0.1) is 19.8 Å². The molecule has 0 aliphatic carbocycles. The molecular formula is C11H10F12N2O2. The molecule has 0 bridgehead atoms. The molecule has 0 amide bonds. The fraction of sp³-hybridized carbons (Fsp3) is 0.818. The molecule has 0 atom stereocenters. The van der Waals surface area contributed by atoms with Crippen LogP contribution < -0.4 is 0 Å². The molecule has 4 nitrogen and oxygen atoms in total. The molecular weight excluding hydrogens is 420 g/mol. The van der Waals surface area contributed by atoms with Gasteiger partial charge in [-0.15, -0.1) is 0 Å². The maximum Gasteiger partial charge on any atom is 0.428 e. The Hall–Kier alpha value is -1.58. The predicted octanol–water partition coefficient (Wildman–Crippen LogP) is 2.74. The van der Waals surface area contributed by atoms with Crippen LogP contribution in [-0.2, 0) is 0 Å². The number of β-amino-alcohol motifs (C(OH)–C–C–N with tert-alkyl or cyclic N) is 2. The van der Waals surface area contributed by atoms with E-state index in [-0.39, 0.29) is 9.80 Å². The molecule has 16 heteroatoms. The zero-order valence-electron chi connectivity index (χ0n) is 12.6. The van der Waals surface area contributed by atoms with Crippen LogP contribution >= 0.6 is 0 Å². The fourth-order valence-corrected chi connectivity index (χ4v) is 1.99. The summed E-state index contributed by atoms with van der Waals surface area (Å²) in [5, 5.41) is 17.9. The highest BCUT2D eigenvalue weighted by Crippen LogP contribution is 2.45. The summed E-state index contributed by atoms with van der Waals surface area (Å²) >= 11 is 0. The number of aliphatic hydroxyl groups is 2. The topological polar surface area (TPSA) is 46.9 Å². The Balaban J connectivity index is 2.98. The van der Waals surface area contributed by atoms with Gasteiger partial charge in [-0.1, -0.05) is 0 Å². The second kappa shape index (κ2) is 6.49. The number of rotatable bonds is 4. The van der Waals surface area contributed by atoms with E-state index in [1.54, 1.807) is 0 Å². The zero-order valence-corrected chi connectivity index (χ0v) is 12.6. The van der Waals surface area contributed by atoms with Crippen molar-refractivity contribution in [2.75, 3.05) is 19.8 Å². The number of nitrogens with zero attached hydrogens (tertiary/aromatic N) is 2. The van der Waals surface area contributed by atoms with Crippen molar-refractivity contribution in [3.05, 3.63) is 12.4 Å². The van der Waals surface area contributed by atoms with Crippen molar-refractivity contribution >= 4 is 0 Å². The zero-order chi connectivity index (χ0) is 21.7. The smallest absolute Gasteiger partial charge is 0.372 e. The molecule has 0 aromatic rings. The van der Waals surface area contributed by atoms with E-state index in [0.29, 0.717) is 12.4 Å². The average molecular weight is 430 g/mol. The monoisotopic (exact) mass is 430 g/mol. The Morgan fingerprint density at radius 3 is 0.963 bits per heavy atom. The van der Waals surface area contributed by atoms with Gasteiger partial charge in [-0.25, -0.2) is 0 Å². The van der Waals surface area contributed by atoms with E-state index in [1.807, 2.05) is 0 Å². The largest absolute Gasteiger partial charge is 0.428 e. The van der Waals surface area contributed by atoms with Crippen molar-refractivity contribution in [1.82, 2.24) is 9.80 Å². The van der Waals surface area contributed by atoms with Gasteiger partial charge in [0.2, 0.25) is 0 Å². The van der Waals surface area contributed by atoms with Crippen LogP contribution in [0.5, 0.6) is 0 Å². The highest BCUT2D eigenvalue weighted by Gasteiger charge is 2.72. The number of hydrogen-bond acceptors (Lipinski definition) is 4. The lowest BCUT2D eigenvalue weighted by atomic mass is 10.0. The first kappa shape index (κ1) is 23.5. The van der Waals surface area contributed by atoms with Gasteiger partial charge in [-0.3, -0.25) is 0 Å². The molecule has 1 aliphatic rings. The molecule has 0 saturated heterocycles. The summed E-state index contributed by atoms with van der Waals surface area (Å²) in [7, 11) is 0. The van der Waals surface area contributed by atoms with Gasteiger partial charge in [0, 0.05) is 12.4 Å². The summed E-state index contributed by atoms with van der Waals surface area (Å²) in [6.45, 7) is -5.81. The van der Waals surface area contributed by atoms with E-state index >= 15 is 0 Å². The minimum Gasteiger partial charge on any atom is -0.372 e.